The molecule has 8 heteroatoms. The van der Waals surface area contributed by atoms with E-state index in [1.807, 2.05) is 29.2 Å². The number of benzene rings is 2. The summed E-state index contributed by atoms with van der Waals surface area (Å²) in [5.41, 5.74) is 2.90. The number of fused-ring (bicyclic) bond motifs is 2. The average Bonchev–Trinajstić information content (AvgIpc) is 3.57. The molecule has 3 aliphatic heterocycles. The van der Waals surface area contributed by atoms with Crippen LogP contribution in [0.3, 0.4) is 0 Å². The highest BCUT2D eigenvalue weighted by Gasteiger charge is 2.28. The van der Waals surface area contributed by atoms with Crippen LogP contribution in [0, 0.1) is 0 Å². The molecule has 0 aliphatic carbocycles. The minimum atomic E-state index is 0.0643. The molecule has 4 heterocycles. The monoisotopic (exact) mass is 517 g/mol. The molecule has 0 spiro atoms. The van der Waals surface area contributed by atoms with Gasteiger partial charge in [-0.25, -0.2) is 0 Å². The second-order valence-electron chi connectivity index (χ2n) is 10.2. The summed E-state index contributed by atoms with van der Waals surface area (Å²) in [6, 6.07) is 14.1. The fourth-order valence-electron chi connectivity index (χ4n) is 5.63. The van der Waals surface area contributed by atoms with Crippen molar-refractivity contribution in [1.82, 2.24) is 14.4 Å². The Labute approximate surface area is 223 Å². The van der Waals surface area contributed by atoms with Crippen molar-refractivity contribution in [2.75, 3.05) is 46.2 Å². The van der Waals surface area contributed by atoms with E-state index in [-0.39, 0.29) is 18.8 Å². The number of hydrogen-bond donors (Lipinski definition) is 0. The van der Waals surface area contributed by atoms with E-state index in [2.05, 4.69) is 34.2 Å². The van der Waals surface area contributed by atoms with Crippen molar-refractivity contribution < 1.29 is 23.7 Å². The molecule has 0 saturated carbocycles. The first-order valence-electron chi connectivity index (χ1n) is 13.6. The van der Waals surface area contributed by atoms with Gasteiger partial charge < -0.3 is 28.4 Å². The fraction of sp³-hybridized carbons (Fsp3) is 0.433. The lowest BCUT2D eigenvalue weighted by molar-refractivity contribution is 0.00610. The van der Waals surface area contributed by atoms with Gasteiger partial charge in [-0.15, -0.1) is 0 Å². The molecule has 2 saturated heterocycles. The van der Waals surface area contributed by atoms with Crippen LogP contribution in [0.2, 0.25) is 0 Å². The molecular weight excluding hydrogens is 482 g/mol. The Morgan fingerprint density at radius 2 is 1.92 bits per heavy atom. The van der Waals surface area contributed by atoms with Crippen molar-refractivity contribution in [3.63, 3.8) is 0 Å². The van der Waals surface area contributed by atoms with Gasteiger partial charge in [-0.1, -0.05) is 24.8 Å². The first kappa shape index (κ1) is 24.8. The lowest BCUT2D eigenvalue weighted by Crippen LogP contribution is -2.48. The normalized spacial score (nSPS) is 19.6. The van der Waals surface area contributed by atoms with Gasteiger partial charge in [0.1, 0.15) is 18.1 Å². The second-order valence-corrected chi connectivity index (χ2v) is 10.2. The lowest BCUT2D eigenvalue weighted by Gasteiger charge is -2.35. The Balaban J connectivity index is 1.19. The number of carbonyl (C=O) groups is 1. The first-order valence-corrected chi connectivity index (χ1v) is 13.6. The summed E-state index contributed by atoms with van der Waals surface area (Å²) < 4.78 is 25.1. The molecule has 3 aromatic rings. The van der Waals surface area contributed by atoms with E-state index < -0.39 is 0 Å². The molecule has 8 nitrogen and oxygen atoms in total. The molecule has 1 amide bonds. The Morgan fingerprint density at radius 3 is 2.74 bits per heavy atom. The Morgan fingerprint density at radius 1 is 1.05 bits per heavy atom. The zero-order valence-corrected chi connectivity index (χ0v) is 21.8. The van der Waals surface area contributed by atoms with Gasteiger partial charge in [0, 0.05) is 51.3 Å². The van der Waals surface area contributed by atoms with E-state index >= 15 is 0 Å². The minimum Gasteiger partial charge on any atom is -0.489 e. The van der Waals surface area contributed by atoms with Gasteiger partial charge in [0.25, 0.3) is 5.91 Å². The van der Waals surface area contributed by atoms with Gasteiger partial charge >= 0.3 is 0 Å². The van der Waals surface area contributed by atoms with Gasteiger partial charge in [-0.05, 0) is 55.2 Å². The Hall–Kier alpha value is -3.49. The number of aromatic nitrogens is 1. The molecule has 1 aromatic heterocycles. The molecule has 2 fully saturated rings. The molecule has 0 bridgehead atoms. The third-order valence-electron chi connectivity index (χ3n) is 7.64. The minimum absolute atomic E-state index is 0.0643. The zero-order chi connectivity index (χ0) is 25.9. The molecule has 3 aliphatic rings. The first-order chi connectivity index (χ1) is 18.7. The SMILES string of the molecule is C=CCOc1cccc2c1cc(C(=O)N1CCN(Cc3ccc4c(c3)OCO4)CC1)n2C[C@H]1CCCCO1. The van der Waals surface area contributed by atoms with E-state index in [4.69, 9.17) is 18.9 Å². The van der Waals surface area contributed by atoms with Crippen LogP contribution in [-0.4, -0.2) is 72.6 Å². The van der Waals surface area contributed by atoms with Crippen LogP contribution in [0.1, 0.15) is 35.3 Å². The van der Waals surface area contributed by atoms with Crippen LogP contribution in [0.4, 0.5) is 0 Å². The summed E-state index contributed by atoms with van der Waals surface area (Å²) in [6.45, 7) is 9.75. The highest BCUT2D eigenvalue weighted by molar-refractivity contribution is 6.00. The van der Waals surface area contributed by atoms with Gasteiger partial charge in [0.2, 0.25) is 6.79 Å². The van der Waals surface area contributed by atoms with E-state index in [1.54, 1.807) is 6.08 Å². The third-order valence-corrected chi connectivity index (χ3v) is 7.64. The smallest absolute Gasteiger partial charge is 0.270 e. The molecule has 0 radical (unpaired) electrons. The number of ether oxygens (including phenoxy) is 4. The molecule has 0 N–H and O–H groups in total. The van der Waals surface area contributed by atoms with Crippen LogP contribution in [-0.2, 0) is 17.8 Å². The number of hydrogen-bond acceptors (Lipinski definition) is 6. The Bertz CT molecular complexity index is 1300. The summed E-state index contributed by atoms with van der Waals surface area (Å²) in [6.07, 6.45) is 5.12. The van der Waals surface area contributed by atoms with Crippen molar-refractivity contribution in [3.05, 3.63) is 66.4 Å². The maximum atomic E-state index is 13.9. The van der Waals surface area contributed by atoms with Crippen molar-refractivity contribution in [1.29, 1.82) is 0 Å². The summed E-state index contributed by atoms with van der Waals surface area (Å²) in [4.78, 5) is 18.3. The summed E-state index contributed by atoms with van der Waals surface area (Å²) in [5.74, 6) is 2.45. The van der Waals surface area contributed by atoms with E-state index in [0.717, 1.165) is 73.7 Å². The number of carbonyl (C=O) groups excluding carboxylic acids is 1. The molecule has 0 unspecified atom stereocenters. The lowest BCUT2D eigenvalue weighted by atomic mass is 10.1. The molecule has 2 aromatic carbocycles. The standard InChI is InChI=1S/C30H35N3O5/c1-2-15-36-27-8-5-7-25-24(27)18-26(33(25)20-23-6-3-4-16-35-23)30(34)32-13-11-31(12-14-32)19-22-9-10-28-29(17-22)38-21-37-28/h2,5,7-10,17-18,23H,1,3-4,6,11-16,19-21H2/t23-/m1/s1. The highest BCUT2D eigenvalue weighted by Crippen LogP contribution is 2.33. The number of amides is 1. The highest BCUT2D eigenvalue weighted by atomic mass is 16.7. The summed E-state index contributed by atoms with van der Waals surface area (Å²) in [5, 5.41) is 0.954. The number of nitrogens with zero attached hydrogens (tertiary/aromatic N) is 3. The van der Waals surface area contributed by atoms with Gasteiger partial charge in [0.05, 0.1) is 11.6 Å². The summed E-state index contributed by atoms with van der Waals surface area (Å²) >= 11 is 0. The fourth-order valence-corrected chi connectivity index (χ4v) is 5.63. The maximum absolute atomic E-state index is 13.9. The predicted octanol–water partition coefficient (Wildman–Crippen LogP) is 4.46. The Kier molecular flexibility index (Phi) is 7.25. The van der Waals surface area contributed by atoms with Crippen LogP contribution in [0.25, 0.3) is 10.9 Å². The van der Waals surface area contributed by atoms with Gasteiger partial charge in [-0.2, -0.15) is 0 Å². The van der Waals surface area contributed by atoms with E-state index in [9.17, 15) is 4.79 Å². The van der Waals surface area contributed by atoms with E-state index in [0.29, 0.717) is 31.9 Å². The average molecular weight is 518 g/mol. The molecule has 6 rings (SSSR count). The molecule has 200 valence electrons. The molecule has 38 heavy (non-hydrogen) atoms. The van der Waals surface area contributed by atoms with Crippen LogP contribution in [0.15, 0.2) is 55.1 Å². The zero-order valence-electron chi connectivity index (χ0n) is 21.8. The van der Waals surface area contributed by atoms with Crippen LogP contribution >= 0.6 is 0 Å². The largest absolute Gasteiger partial charge is 0.489 e. The number of piperazine rings is 1. The quantitative estimate of drug-likeness (QED) is 0.411. The predicted molar refractivity (Wildman–Crippen MR) is 145 cm³/mol. The molecular formula is C30H35N3O5. The topological polar surface area (TPSA) is 65.4 Å². The van der Waals surface area contributed by atoms with Crippen molar-refractivity contribution >= 4 is 16.8 Å². The van der Waals surface area contributed by atoms with Crippen molar-refractivity contribution in [2.45, 2.75) is 38.5 Å². The maximum Gasteiger partial charge on any atom is 0.270 e. The van der Waals surface area contributed by atoms with E-state index in [1.165, 1.54) is 5.56 Å². The van der Waals surface area contributed by atoms with Gasteiger partial charge in [0.15, 0.2) is 11.5 Å². The van der Waals surface area contributed by atoms with Crippen LogP contribution < -0.4 is 14.2 Å². The van der Waals surface area contributed by atoms with Crippen molar-refractivity contribution in [2.24, 2.45) is 0 Å². The van der Waals surface area contributed by atoms with Crippen LogP contribution in [0.5, 0.6) is 17.2 Å². The molecule has 1 atom stereocenters. The third kappa shape index (κ3) is 5.11. The number of rotatable bonds is 8. The second kappa shape index (κ2) is 11.1. The van der Waals surface area contributed by atoms with Gasteiger partial charge in [-0.3, -0.25) is 9.69 Å². The van der Waals surface area contributed by atoms with Crippen molar-refractivity contribution in [3.8, 4) is 17.2 Å². The summed E-state index contributed by atoms with van der Waals surface area (Å²) in [7, 11) is 0.